The maximum atomic E-state index is 7.02. The molecule has 140 valence electrons. The van der Waals surface area contributed by atoms with Crippen molar-refractivity contribution in [1.82, 2.24) is 0 Å². The summed E-state index contributed by atoms with van der Waals surface area (Å²) in [5.41, 5.74) is 0. The van der Waals surface area contributed by atoms with Crippen molar-refractivity contribution in [3.63, 3.8) is 0 Å². The van der Waals surface area contributed by atoms with Gasteiger partial charge in [-0.05, 0) is 0 Å². The quantitative estimate of drug-likeness (QED) is 0.132. The molecule has 0 radical (unpaired) electrons. The Bertz CT molecular complexity index is 256. The molecule has 0 aliphatic carbocycles. The van der Waals surface area contributed by atoms with E-state index in [1.807, 2.05) is 0 Å². The fourth-order valence-corrected chi connectivity index (χ4v) is 51.5. The molecule has 0 aliphatic heterocycles. The first kappa shape index (κ1) is 25.1. The topological polar surface area (TPSA) is 9.23 Å². The summed E-state index contributed by atoms with van der Waals surface area (Å²) in [5, 5.41) is 0. The molecule has 0 saturated carbocycles. The second-order valence-electron chi connectivity index (χ2n) is 6.90. The van der Waals surface area contributed by atoms with Crippen molar-refractivity contribution in [2.24, 2.45) is 0 Å². The Kier molecular flexibility index (Phi) is 16.6. The molecule has 23 heavy (non-hydrogen) atoms. The van der Waals surface area contributed by atoms with Crippen molar-refractivity contribution < 1.29 is 1.41 Å². The third-order valence-corrected chi connectivity index (χ3v) is 46.2. The van der Waals surface area contributed by atoms with E-state index in [-0.39, 0.29) is 0 Å². The summed E-state index contributed by atoms with van der Waals surface area (Å²) in [6, 6.07) is 0. The van der Waals surface area contributed by atoms with E-state index in [2.05, 4.69) is 27.7 Å². The first-order valence-corrected chi connectivity index (χ1v) is 27.7. The Morgan fingerprint density at radius 1 is 0.565 bits per heavy atom. The molecule has 0 spiro atoms. The van der Waals surface area contributed by atoms with Crippen molar-refractivity contribution in [3.05, 3.63) is 0 Å². The van der Waals surface area contributed by atoms with Crippen LogP contribution >= 0.6 is 17.8 Å². The number of halogens is 2. The third kappa shape index (κ3) is 13.0. The fourth-order valence-electron chi connectivity index (χ4n) is 2.91. The van der Waals surface area contributed by atoms with Gasteiger partial charge in [-0.2, -0.15) is 0 Å². The first-order valence-electron chi connectivity index (χ1n) is 10.0. The molecule has 2 atom stereocenters. The van der Waals surface area contributed by atoms with Crippen molar-refractivity contribution in [1.29, 1.82) is 0 Å². The molecule has 2 unspecified atom stereocenters. The SMILES string of the molecule is CCCCCC[CH2][Sn]([Cl])([CH2]C)[O][Sn]([Cl])([CH2]C)[CH2]CCCCCC. The molecule has 0 bridgehead atoms. The maximum absolute atomic E-state index is 7.02. The summed E-state index contributed by atoms with van der Waals surface area (Å²) in [4.78, 5) is 0. The van der Waals surface area contributed by atoms with Gasteiger partial charge in [-0.3, -0.25) is 0 Å². The summed E-state index contributed by atoms with van der Waals surface area (Å²) in [6.07, 6.45) is 13.1. The summed E-state index contributed by atoms with van der Waals surface area (Å²) < 4.78 is 11.2. The average molecular weight is 581 g/mol. The van der Waals surface area contributed by atoms with E-state index < -0.39 is 35.3 Å². The standard InChI is InChI=1S/2C7H15.2C2H5.2ClH.O.2Sn/c2*1-3-5-7-6-4-2;2*1-2;;;;;/h2*1,3-7H2,2H3;2*1H2,2H3;2*1H;;;/q;;;;;;;2*+1/p-2. The van der Waals surface area contributed by atoms with Gasteiger partial charge in [0.1, 0.15) is 0 Å². The monoisotopic (exact) mass is 582 g/mol. The van der Waals surface area contributed by atoms with Crippen LogP contribution in [0.1, 0.15) is 91.9 Å². The van der Waals surface area contributed by atoms with Gasteiger partial charge in [0.25, 0.3) is 0 Å². The van der Waals surface area contributed by atoms with Gasteiger partial charge in [0.2, 0.25) is 0 Å². The Labute approximate surface area is 162 Å². The van der Waals surface area contributed by atoms with Crippen LogP contribution in [0, 0.1) is 0 Å². The summed E-state index contributed by atoms with van der Waals surface area (Å²) >= 11 is -5.79. The number of rotatable bonds is 16. The predicted octanol–water partition coefficient (Wildman–Crippen LogP) is 8.35. The van der Waals surface area contributed by atoms with Gasteiger partial charge >= 0.3 is 164 Å². The summed E-state index contributed by atoms with van der Waals surface area (Å²) in [6.45, 7) is 8.99. The summed E-state index contributed by atoms with van der Waals surface area (Å²) in [7, 11) is 14.0. The summed E-state index contributed by atoms with van der Waals surface area (Å²) in [5.74, 6) is 0. The van der Waals surface area contributed by atoms with E-state index in [9.17, 15) is 0 Å². The van der Waals surface area contributed by atoms with E-state index in [4.69, 9.17) is 19.3 Å². The predicted molar refractivity (Wildman–Crippen MR) is 112 cm³/mol. The van der Waals surface area contributed by atoms with E-state index in [1.165, 1.54) is 64.2 Å². The van der Waals surface area contributed by atoms with Crippen LogP contribution in [0.3, 0.4) is 0 Å². The Morgan fingerprint density at radius 2 is 0.913 bits per heavy atom. The molecule has 0 aliphatic rings. The number of hydrogen-bond acceptors (Lipinski definition) is 1. The van der Waals surface area contributed by atoms with Crippen LogP contribution in [0.5, 0.6) is 0 Å². The van der Waals surface area contributed by atoms with Crippen LogP contribution in [-0.2, 0) is 1.41 Å². The van der Waals surface area contributed by atoms with Gasteiger partial charge in [-0.15, -0.1) is 0 Å². The average Bonchev–Trinajstić information content (AvgIpc) is 2.54. The third-order valence-electron chi connectivity index (χ3n) is 4.73. The van der Waals surface area contributed by atoms with Crippen LogP contribution < -0.4 is 0 Å². The molecular weight excluding hydrogens is 541 g/mol. The first-order chi connectivity index (χ1) is 10.9. The zero-order valence-corrected chi connectivity index (χ0v) is 23.3. The molecule has 0 fully saturated rings. The van der Waals surface area contributed by atoms with Crippen molar-refractivity contribution in [2.45, 2.75) is 110 Å². The van der Waals surface area contributed by atoms with Crippen molar-refractivity contribution in [3.8, 4) is 0 Å². The molecule has 0 saturated heterocycles. The minimum atomic E-state index is -2.89. The van der Waals surface area contributed by atoms with Gasteiger partial charge in [0.15, 0.2) is 0 Å². The molecule has 0 aromatic rings. The zero-order valence-electron chi connectivity index (χ0n) is 16.1. The van der Waals surface area contributed by atoms with E-state index in [0.29, 0.717) is 0 Å². The Hall–Kier alpha value is 2.14. The molecule has 0 amide bonds. The van der Waals surface area contributed by atoms with Crippen LogP contribution in [0.4, 0.5) is 0 Å². The molecule has 0 aromatic carbocycles. The van der Waals surface area contributed by atoms with Crippen LogP contribution in [0.25, 0.3) is 0 Å². The molecule has 0 heterocycles. The second-order valence-corrected chi connectivity index (χ2v) is 37.6. The minimum absolute atomic E-state index is 1.07. The van der Waals surface area contributed by atoms with Crippen molar-refractivity contribution in [2.75, 3.05) is 0 Å². The Balaban J connectivity index is 4.27. The molecular formula is C18H40Cl2OSn2. The molecule has 0 aromatic heterocycles. The normalized spacial score (nSPS) is 17.0. The molecule has 1 nitrogen and oxygen atoms in total. The zero-order chi connectivity index (χ0) is 17.6. The Morgan fingerprint density at radius 3 is 1.22 bits per heavy atom. The number of unbranched alkanes of at least 4 members (excludes halogenated alkanes) is 8. The van der Waals surface area contributed by atoms with Crippen molar-refractivity contribution >= 4 is 53.2 Å². The van der Waals surface area contributed by atoms with Crippen LogP contribution in [0.15, 0.2) is 0 Å². The van der Waals surface area contributed by atoms with E-state index in [0.717, 1.165) is 17.7 Å². The van der Waals surface area contributed by atoms with Crippen LogP contribution in [-0.4, -0.2) is 35.3 Å². The second kappa shape index (κ2) is 15.2. The number of hydrogen-bond donors (Lipinski definition) is 0. The van der Waals surface area contributed by atoms with Gasteiger partial charge in [-0.1, -0.05) is 0 Å². The fraction of sp³-hybridized carbons (Fsp3) is 1.00. The molecule has 0 N–H and O–H groups in total. The van der Waals surface area contributed by atoms with E-state index >= 15 is 0 Å². The molecule has 5 heteroatoms. The van der Waals surface area contributed by atoms with Gasteiger partial charge in [0.05, 0.1) is 0 Å². The molecule has 0 rings (SSSR count). The van der Waals surface area contributed by atoms with Crippen LogP contribution in [0.2, 0.25) is 17.7 Å². The van der Waals surface area contributed by atoms with E-state index in [1.54, 1.807) is 0 Å². The van der Waals surface area contributed by atoms with Gasteiger partial charge in [0, 0.05) is 0 Å². The van der Waals surface area contributed by atoms with Gasteiger partial charge in [-0.25, -0.2) is 0 Å². The van der Waals surface area contributed by atoms with Gasteiger partial charge < -0.3 is 0 Å².